The van der Waals surface area contributed by atoms with Crippen molar-refractivity contribution in [3.63, 3.8) is 0 Å². The van der Waals surface area contributed by atoms with Crippen LogP contribution in [0.3, 0.4) is 0 Å². The monoisotopic (exact) mass is 358 g/mol. The van der Waals surface area contributed by atoms with Crippen molar-refractivity contribution in [3.8, 4) is 22.5 Å². The average molecular weight is 359 g/mol. The summed E-state index contributed by atoms with van der Waals surface area (Å²) in [4.78, 5) is 12.6. The molecule has 0 radical (unpaired) electrons. The molecule has 120 valence electrons. The molecule has 0 aliphatic heterocycles. The Morgan fingerprint density at radius 1 is 1.29 bits per heavy atom. The van der Waals surface area contributed by atoms with Crippen LogP contribution in [0.15, 0.2) is 29.1 Å². The number of hydrogen-bond acceptors (Lipinski definition) is 7. The van der Waals surface area contributed by atoms with E-state index in [2.05, 4.69) is 20.6 Å². The highest BCUT2D eigenvalue weighted by atomic mass is 35.5. The van der Waals surface area contributed by atoms with E-state index in [0.717, 1.165) is 0 Å². The summed E-state index contributed by atoms with van der Waals surface area (Å²) in [7, 11) is 1.74. The Labute approximate surface area is 146 Å². The normalized spacial score (nSPS) is 10.4. The van der Waals surface area contributed by atoms with Crippen molar-refractivity contribution in [2.45, 2.75) is 6.92 Å². The number of nitriles is 1. The highest BCUT2D eigenvalue weighted by Gasteiger charge is 2.19. The van der Waals surface area contributed by atoms with Crippen molar-refractivity contribution < 1.29 is 0 Å². The molecule has 7 nitrogen and oxygen atoms in total. The fourth-order valence-electron chi connectivity index (χ4n) is 2.12. The SMILES string of the molecule is CNc1nnc(-c2nn(-c3ccc(Cl)cc3)c(=O)c(C#N)c2C)s1. The zero-order valence-corrected chi connectivity index (χ0v) is 14.3. The Morgan fingerprint density at radius 3 is 2.58 bits per heavy atom. The fourth-order valence-corrected chi connectivity index (χ4v) is 2.98. The molecule has 0 aliphatic carbocycles. The molecule has 2 aromatic heterocycles. The number of halogens is 1. The van der Waals surface area contributed by atoms with E-state index in [1.54, 1.807) is 38.2 Å². The number of benzene rings is 1. The third-order valence-electron chi connectivity index (χ3n) is 3.36. The molecular formula is C15H11ClN6OS. The van der Waals surface area contributed by atoms with Gasteiger partial charge in [-0.05, 0) is 31.2 Å². The van der Waals surface area contributed by atoms with Gasteiger partial charge in [0.05, 0.1) is 5.69 Å². The van der Waals surface area contributed by atoms with Crippen LogP contribution in [-0.2, 0) is 0 Å². The standard InChI is InChI=1S/C15H11ClN6OS/c1-8-11(7-17)14(23)22(10-5-3-9(16)4-6-10)21-12(8)13-19-20-15(18-2)24-13/h3-6H,1-2H3,(H,18,20). The van der Waals surface area contributed by atoms with Crippen molar-refractivity contribution in [2.24, 2.45) is 0 Å². The number of aromatic nitrogens is 4. The van der Waals surface area contributed by atoms with Gasteiger partial charge in [-0.1, -0.05) is 22.9 Å². The Hall–Kier alpha value is -2.76. The second-order valence-electron chi connectivity index (χ2n) is 4.82. The number of anilines is 1. The molecule has 0 amide bonds. The smallest absolute Gasteiger partial charge is 0.289 e. The maximum atomic E-state index is 12.6. The fraction of sp³-hybridized carbons (Fsp3) is 0.133. The topological polar surface area (TPSA) is 96.5 Å². The number of nitrogens with zero attached hydrogens (tertiary/aromatic N) is 5. The predicted octanol–water partition coefficient (Wildman–Crippen LogP) is 2.63. The van der Waals surface area contributed by atoms with Crippen LogP contribution in [0, 0.1) is 18.3 Å². The first-order chi connectivity index (χ1) is 11.5. The van der Waals surface area contributed by atoms with Gasteiger partial charge in [-0.25, -0.2) is 0 Å². The Balaban J connectivity index is 2.27. The first-order valence-electron chi connectivity index (χ1n) is 6.86. The van der Waals surface area contributed by atoms with Crippen LogP contribution in [0.1, 0.15) is 11.1 Å². The molecule has 9 heteroatoms. The molecule has 0 bridgehead atoms. The zero-order valence-electron chi connectivity index (χ0n) is 12.7. The lowest BCUT2D eigenvalue weighted by Gasteiger charge is -2.09. The van der Waals surface area contributed by atoms with Gasteiger partial charge in [0.25, 0.3) is 5.56 Å². The largest absolute Gasteiger partial charge is 0.363 e. The minimum Gasteiger partial charge on any atom is -0.363 e. The lowest BCUT2D eigenvalue weighted by Crippen LogP contribution is -2.25. The van der Waals surface area contributed by atoms with Gasteiger partial charge in [-0.2, -0.15) is 15.0 Å². The molecule has 2 heterocycles. The molecule has 1 N–H and O–H groups in total. The maximum Gasteiger partial charge on any atom is 0.289 e. The van der Waals surface area contributed by atoms with E-state index in [0.29, 0.717) is 32.1 Å². The van der Waals surface area contributed by atoms with E-state index < -0.39 is 5.56 Å². The van der Waals surface area contributed by atoms with E-state index in [4.69, 9.17) is 11.6 Å². The van der Waals surface area contributed by atoms with Gasteiger partial charge in [0.15, 0.2) is 5.01 Å². The van der Waals surface area contributed by atoms with Crippen LogP contribution in [0.25, 0.3) is 16.4 Å². The molecule has 0 unspecified atom stereocenters. The summed E-state index contributed by atoms with van der Waals surface area (Å²) in [5.74, 6) is 0. The van der Waals surface area contributed by atoms with Crippen molar-refractivity contribution in [2.75, 3.05) is 12.4 Å². The second-order valence-corrected chi connectivity index (χ2v) is 6.23. The lowest BCUT2D eigenvalue weighted by atomic mass is 10.1. The third kappa shape index (κ3) is 2.75. The lowest BCUT2D eigenvalue weighted by molar-refractivity contribution is 0.800. The summed E-state index contributed by atoms with van der Waals surface area (Å²) in [6, 6.07) is 8.59. The van der Waals surface area contributed by atoms with Crippen LogP contribution in [0.2, 0.25) is 5.02 Å². The Bertz CT molecular complexity index is 1000. The second kappa shape index (κ2) is 6.39. The molecule has 0 saturated carbocycles. The first-order valence-corrected chi connectivity index (χ1v) is 8.06. The van der Waals surface area contributed by atoms with E-state index in [9.17, 15) is 10.1 Å². The molecular weight excluding hydrogens is 348 g/mol. The molecule has 0 spiro atoms. The molecule has 3 rings (SSSR count). The van der Waals surface area contributed by atoms with Gasteiger partial charge in [-0.3, -0.25) is 4.79 Å². The summed E-state index contributed by atoms with van der Waals surface area (Å²) in [6.07, 6.45) is 0. The summed E-state index contributed by atoms with van der Waals surface area (Å²) >= 11 is 7.17. The highest BCUT2D eigenvalue weighted by Crippen LogP contribution is 2.27. The van der Waals surface area contributed by atoms with Gasteiger partial charge >= 0.3 is 0 Å². The average Bonchev–Trinajstić information content (AvgIpc) is 3.05. The van der Waals surface area contributed by atoms with Crippen LogP contribution in [0.5, 0.6) is 0 Å². The first kappa shape index (κ1) is 16.1. The number of rotatable bonds is 3. The molecule has 0 atom stereocenters. The highest BCUT2D eigenvalue weighted by molar-refractivity contribution is 7.18. The summed E-state index contributed by atoms with van der Waals surface area (Å²) < 4.78 is 1.18. The minimum absolute atomic E-state index is 0.0242. The van der Waals surface area contributed by atoms with Crippen molar-refractivity contribution >= 4 is 28.1 Å². The maximum absolute atomic E-state index is 12.6. The summed E-state index contributed by atoms with van der Waals surface area (Å²) in [5, 5.41) is 26.4. The number of hydrogen-bond donors (Lipinski definition) is 1. The predicted molar refractivity (Wildman–Crippen MR) is 92.7 cm³/mol. The van der Waals surface area contributed by atoms with Crippen molar-refractivity contribution in [1.82, 2.24) is 20.0 Å². The van der Waals surface area contributed by atoms with E-state index in [1.807, 2.05) is 6.07 Å². The Kier molecular flexibility index (Phi) is 4.29. The van der Waals surface area contributed by atoms with Gasteiger partial charge in [-0.15, -0.1) is 10.2 Å². The molecule has 0 fully saturated rings. The summed E-state index contributed by atoms with van der Waals surface area (Å²) in [6.45, 7) is 1.68. The van der Waals surface area contributed by atoms with Crippen LogP contribution < -0.4 is 10.9 Å². The Morgan fingerprint density at radius 2 is 2.00 bits per heavy atom. The van der Waals surface area contributed by atoms with Crippen molar-refractivity contribution in [1.29, 1.82) is 5.26 Å². The minimum atomic E-state index is -0.487. The summed E-state index contributed by atoms with van der Waals surface area (Å²) in [5.41, 5.74) is 0.975. The van der Waals surface area contributed by atoms with Crippen LogP contribution >= 0.6 is 22.9 Å². The zero-order chi connectivity index (χ0) is 17.3. The van der Waals surface area contributed by atoms with Crippen molar-refractivity contribution in [3.05, 3.63) is 50.8 Å². The van der Waals surface area contributed by atoms with E-state index >= 15 is 0 Å². The van der Waals surface area contributed by atoms with Gasteiger partial charge in [0.2, 0.25) is 5.13 Å². The van der Waals surface area contributed by atoms with E-state index in [1.165, 1.54) is 16.0 Å². The van der Waals surface area contributed by atoms with E-state index in [-0.39, 0.29) is 5.56 Å². The molecule has 3 aromatic rings. The molecule has 0 aliphatic rings. The third-order valence-corrected chi connectivity index (χ3v) is 4.56. The number of nitrogens with one attached hydrogen (secondary N) is 1. The molecule has 1 aromatic carbocycles. The van der Waals surface area contributed by atoms with Gasteiger partial charge in [0.1, 0.15) is 17.3 Å². The van der Waals surface area contributed by atoms with Crippen LogP contribution in [0.4, 0.5) is 5.13 Å². The quantitative estimate of drug-likeness (QED) is 0.773. The van der Waals surface area contributed by atoms with Crippen LogP contribution in [-0.4, -0.2) is 27.0 Å². The van der Waals surface area contributed by atoms with Gasteiger partial charge < -0.3 is 5.32 Å². The molecule has 24 heavy (non-hydrogen) atoms. The van der Waals surface area contributed by atoms with Gasteiger partial charge in [0, 0.05) is 17.6 Å². The molecule has 0 saturated heterocycles.